The molecule has 0 bridgehead atoms. The third-order valence-electron chi connectivity index (χ3n) is 6.10. The summed E-state index contributed by atoms with van der Waals surface area (Å²) in [6.45, 7) is 2.93. The van der Waals surface area contributed by atoms with E-state index in [2.05, 4.69) is 21.9 Å². The zero-order chi connectivity index (χ0) is 23.8. The average Bonchev–Trinajstić information content (AvgIpc) is 3.48. The maximum atomic E-state index is 13.7. The summed E-state index contributed by atoms with van der Waals surface area (Å²) < 4.78 is 9.51. The topological polar surface area (TPSA) is 98.4 Å². The molecular weight excluding hydrogens is 432 g/mol. The van der Waals surface area contributed by atoms with Gasteiger partial charge >= 0.3 is 5.97 Å². The number of anilines is 1. The molecule has 1 amide bonds. The third kappa shape index (κ3) is 3.91. The number of carbonyl (C=O) groups excluding carboxylic acids is 1. The number of hydrogen-bond acceptors (Lipinski definition) is 4. The van der Waals surface area contributed by atoms with E-state index in [0.29, 0.717) is 17.0 Å². The van der Waals surface area contributed by atoms with Crippen LogP contribution in [0, 0.1) is 0 Å². The quantitative estimate of drug-likeness (QED) is 0.384. The lowest BCUT2D eigenvalue weighted by Gasteiger charge is -2.11. The number of carboxylic acid groups (broad SMARTS) is 1. The molecule has 0 unspecified atom stereocenters. The number of methoxy groups -OCH3 is 1. The fourth-order valence-corrected chi connectivity index (χ4v) is 4.42. The highest BCUT2D eigenvalue weighted by molar-refractivity contribution is 6.15. The number of benzene rings is 2. The zero-order valence-corrected chi connectivity index (χ0v) is 19.1. The van der Waals surface area contributed by atoms with E-state index in [1.807, 2.05) is 35.3 Å². The molecule has 2 N–H and O–H groups in total. The maximum Gasteiger partial charge on any atom is 0.335 e. The van der Waals surface area contributed by atoms with Gasteiger partial charge in [-0.2, -0.15) is 5.10 Å². The van der Waals surface area contributed by atoms with Gasteiger partial charge in [0.2, 0.25) is 0 Å². The minimum Gasteiger partial charge on any atom is -0.497 e. The molecule has 2 aromatic carbocycles. The number of nitrogens with one attached hydrogen (secondary N) is 1. The first-order valence-electron chi connectivity index (χ1n) is 11.4. The summed E-state index contributed by atoms with van der Waals surface area (Å²) in [5, 5.41) is 17.5. The Morgan fingerprint density at radius 3 is 2.74 bits per heavy atom. The van der Waals surface area contributed by atoms with Crippen molar-refractivity contribution in [2.75, 3.05) is 12.4 Å². The summed E-state index contributed by atoms with van der Waals surface area (Å²) >= 11 is 0. The molecule has 8 heteroatoms. The highest BCUT2D eigenvalue weighted by atomic mass is 16.5. The summed E-state index contributed by atoms with van der Waals surface area (Å²) in [4.78, 5) is 25.1. The second-order valence-electron chi connectivity index (χ2n) is 8.55. The summed E-state index contributed by atoms with van der Waals surface area (Å²) in [5.41, 5.74) is 3.91. The monoisotopic (exact) mass is 458 g/mol. The van der Waals surface area contributed by atoms with Crippen molar-refractivity contribution in [2.45, 2.75) is 38.6 Å². The van der Waals surface area contributed by atoms with Crippen molar-refractivity contribution in [2.24, 2.45) is 0 Å². The first-order chi connectivity index (χ1) is 16.5. The Kier molecular flexibility index (Phi) is 5.57. The van der Waals surface area contributed by atoms with Crippen molar-refractivity contribution >= 4 is 28.5 Å². The summed E-state index contributed by atoms with van der Waals surface area (Å²) in [6, 6.07) is 12.0. The minimum absolute atomic E-state index is 0.118. The minimum atomic E-state index is -1.04. The molecule has 0 aliphatic heterocycles. The van der Waals surface area contributed by atoms with Crippen LogP contribution in [0.3, 0.4) is 0 Å². The van der Waals surface area contributed by atoms with Crippen molar-refractivity contribution in [1.82, 2.24) is 14.3 Å². The fourth-order valence-electron chi connectivity index (χ4n) is 4.42. The molecule has 0 atom stereocenters. The van der Waals surface area contributed by atoms with E-state index < -0.39 is 5.97 Å². The van der Waals surface area contributed by atoms with Crippen LogP contribution in [0.15, 0.2) is 54.9 Å². The summed E-state index contributed by atoms with van der Waals surface area (Å²) in [7, 11) is 1.60. The first kappa shape index (κ1) is 21.8. The normalized spacial score (nSPS) is 13.2. The SMILES string of the molecule is CCCn1cc(-n2c(C3CC3)c(C(=O)Nc3cccc(C(=O)O)c3)c3cc(OC)ccc32)cn1. The standard InChI is InChI=1S/C26H26N4O4/c1-3-11-29-15-19(14-27-29)30-22-10-9-20(34-2)13-21(22)23(24(30)16-7-8-16)25(31)28-18-6-4-5-17(12-18)26(32)33/h4-6,9-10,12-16H,3,7-8,11H2,1-2H3,(H,28,31)(H,32,33). The number of rotatable bonds is 8. The molecule has 1 fully saturated rings. The Morgan fingerprint density at radius 2 is 2.03 bits per heavy atom. The van der Waals surface area contributed by atoms with E-state index in [1.54, 1.807) is 19.2 Å². The number of carbonyl (C=O) groups is 2. The van der Waals surface area contributed by atoms with E-state index in [1.165, 1.54) is 12.1 Å². The average molecular weight is 459 g/mol. The van der Waals surface area contributed by atoms with Crippen LogP contribution in [0.2, 0.25) is 0 Å². The summed E-state index contributed by atoms with van der Waals surface area (Å²) in [5.74, 6) is -0.391. The third-order valence-corrected chi connectivity index (χ3v) is 6.10. The smallest absolute Gasteiger partial charge is 0.335 e. The Bertz CT molecular complexity index is 1400. The van der Waals surface area contributed by atoms with Crippen LogP contribution in [0.1, 0.15) is 58.5 Å². The van der Waals surface area contributed by atoms with Gasteiger partial charge in [-0.1, -0.05) is 13.0 Å². The highest BCUT2D eigenvalue weighted by Crippen LogP contribution is 2.46. The molecule has 0 spiro atoms. The Balaban J connectivity index is 1.67. The number of hydrogen-bond donors (Lipinski definition) is 2. The van der Waals surface area contributed by atoms with Gasteiger partial charge < -0.3 is 19.7 Å². The molecule has 1 aliphatic rings. The maximum absolute atomic E-state index is 13.7. The van der Waals surface area contributed by atoms with Gasteiger partial charge in [-0.25, -0.2) is 4.79 Å². The summed E-state index contributed by atoms with van der Waals surface area (Å²) in [6.07, 6.45) is 6.83. The molecule has 0 saturated heterocycles. The lowest BCUT2D eigenvalue weighted by molar-refractivity contribution is 0.0696. The number of carboxylic acids is 1. The Hall–Kier alpha value is -4.07. The number of aromatic carboxylic acids is 1. The highest BCUT2D eigenvalue weighted by Gasteiger charge is 2.35. The molecule has 2 aromatic heterocycles. The molecule has 1 aliphatic carbocycles. The van der Waals surface area contributed by atoms with Crippen LogP contribution in [0.5, 0.6) is 5.75 Å². The Labute approximate surface area is 196 Å². The van der Waals surface area contributed by atoms with Gasteiger partial charge in [-0.05, 0) is 55.7 Å². The largest absolute Gasteiger partial charge is 0.497 e. The van der Waals surface area contributed by atoms with Crippen LogP contribution in [0.25, 0.3) is 16.6 Å². The number of aryl methyl sites for hydroxylation is 1. The van der Waals surface area contributed by atoms with Crippen molar-refractivity contribution < 1.29 is 19.4 Å². The zero-order valence-electron chi connectivity index (χ0n) is 19.1. The van der Waals surface area contributed by atoms with E-state index >= 15 is 0 Å². The predicted molar refractivity (Wildman–Crippen MR) is 129 cm³/mol. The van der Waals surface area contributed by atoms with Gasteiger partial charge in [0.1, 0.15) is 5.75 Å². The van der Waals surface area contributed by atoms with E-state index in [9.17, 15) is 14.7 Å². The van der Waals surface area contributed by atoms with E-state index in [0.717, 1.165) is 48.1 Å². The van der Waals surface area contributed by atoms with Gasteiger partial charge in [0.05, 0.1) is 35.6 Å². The molecule has 174 valence electrons. The molecule has 0 radical (unpaired) electrons. The van der Waals surface area contributed by atoms with Gasteiger partial charge in [-0.15, -0.1) is 0 Å². The first-order valence-corrected chi connectivity index (χ1v) is 11.4. The molecule has 2 heterocycles. The van der Waals surface area contributed by atoms with Gasteiger partial charge in [0.15, 0.2) is 0 Å². The van der Waals surface area contributed by atoms with Crippen molar-refractivity contribution in [3.05, 3.63) is 71.7 Å². The predicted octanol–water partition coefficient (Wildman–Crippen LogP) is 5.07. The van der Waals surface area contributed by atoms with Crippen molar-refractivity contribution in [3.63, 3.8) is 0 Å². The van der Waals surface area contributed by atoms with Crippen LogP contribution < -0.4 is 10.1 Å². The van der Waals surface area contributed by atoms with Crippen molar-refractivity contribution in [1.29, 1.82) is 0 Å². The molecule has 8 nitrogen and oxygen atoms in total. The molecule has 1 saturated carbocycles. The van der Waals surface area contributed by atoms with Gasteiger partial charge in [0, 0.05) is 35.4 Å². The molecule has 5 rings (SSSR count). The van der Waals surface area contributed by atoms with Gasteiger partial charge in [0.25, 0.3) is 5.91 Å². The number of fused-ring (bicyclic) bond motifs is 1. The van der Waals surface area contributed by atoms with E-state index in [-0.39, 0.29) is 17.4 Å². The van der Waals surface area contributed by atoms with Crippen LogP contribution in [-0.4, -0.2) is 38.4 Å². The number of aromatic nitrogens is 3. The lowest BCUT2D eigenvalue weighted by atomic mass is 10.1. The van der Waals surface area contributed by atoms with E-state index in [4.69, 9.17) is 4.74 Å². The molecular formula is C26H26N4O4. The lowest BCUT2D eigenvalue weighted by Crippen LogP contribution is -2.15. The number of nitrogens with zero attached hydrogens (tertiary/aromatic N) is 3. The fraction of sp³-hybridized carbons (Fsp3) is 0.269. The Morgan fingerprint density at radius 1 is 1.21 bits per heavy atom. The number of ether oxygens (including phenoxy) is 1. The second-order valence-corrected chi connectivity index (χ2v) is 8.55. The van der Waals surface area contributed by atoms with Crippen LogP contribution >= 0.6 is 0 Å². The van der Waals surface area contributed by atoms with Gasteiger partial charge in [-0.3, -0.25) is 9.48 Å². The molecule has 34 heavy (non-hydrogen) atoms. The van der Waals surface area contributed by atoms with Crippen LogP contribution in [0.4, 0.5) is 5.69 Å². The molecule has 4 aromatic rings. The number of amides is 1. The second kappa shape index (κ2) is 8.70. The van der Waals surface area contributed by atoms with Crippen LogP contribution in [-0.2, 0) is 6.54 Å². The van der Waals surface area contributed by atoms with Crippen molar-refractivity contribution in [3.8, 4) is 11.4 Å².